The van der Waals surface area contributed by atoms with Gasteiger partial charge in [-0.25, -0.2) is 13.4 Å². The van der Waals surface area contributed by atoms with E-state index in [1.807, 2.05) is 0 Å². The van der Waals surface area contributed by atoms with Crippen molar-refractivity contribution in [3.63, 3.8) is 0 Å². The van der Waals surface area contributed by atoms with Crippen molar-refractivity contribution in [1.82, 2.24) is 14.6 Å². The molecule has 172 valence electrons. The summed E-state index contributed by atoms with van der Waals surface area (Å²) in [5, 5.41) is 3.85. The molecule has 1 aromatic rings. The van der Waals surface area contributed by atoms with E-state index >= 15 is 0 Å². The molecule has 0 amide bonds. The van der Waals surface area contributed by atoms with Crippen LogP contribution in [-0.4, -0.2) is 55.6 Å². The third kappa shape index (κ3) is 3.79. The lowest BCUT2D eigenvalue weighted by atomic mass is 9.61. The fraction of sp³-hybridized carbons (Fsp3) is 0.762. The normalized spacial score (nSPS) is 28.2. The Morgan fingerprint density at radius 2 is 1.94 bits per heavy atom. The molecule has 6 nitrogen and oxygen atoms in total. The summed E-state index contributed by atoms with van der Waals surface area (Å²) in [6, 6.07) is 2.17. The Morgan fingerprint density at radius 1 is 1.23 bits per heavy atom. The summed E-state index contributed by atoms with van der Waals surface area (Å²) in [6.07, 6.45) is 1.99. The van der Waals surface area contributed by atoms with Crippen LogP contribution >= 0.6 is 0 Å². The molecule has 2 saturated heterocycles. The van der Waals surface area contributed by atoms with Crippen LogP contribution in [-0.2, 0) is 20.9 Å². The molecule has 3 heterocycles. The Balaban J connectivity index is 1.18. The molecule has 0 radical (unpaired) electrons. The maximum absolute atomic E-state index is 12.9. The zero-order valence-corrected chi connectivity index (χ0v) is 18.4. The van der Waals surface area contributed by atoms with Crippen LogP contribution in [0.15, 0.2) is 17.0 Å². The Labute approximate surface area is 180 Å². The van der Waals surface area contributed by atoms with Crippen molar-refractivity contribution >= 4 is 10.0 Å². The first kappa shape index (κ1) is 21.6. The summed E-state index contributed by atoms with van der Waals surface area (Å²) >= 11 is 0. The molecule has 0 aromatic carbocycles. The van der Waals surface area contributed by atoms with Crippen molar-refractivity contribution in [3.05, 3.63) is 23.5 Å². The lowest BCUT2D eigenvalue weighted by Crippen LogP contribution is -2.68. The Hall–Kier alpha value is -1.23. The minimum Gasteiger partial charge on any atom is -0.381 e. The molecule has 2 aliphatic carbocycles. The predicted molar refractivity (Wildman–Crippen MR) is 107 cm³/mol. The molecule has 1 unspecified atom stereocenters. The van der Waals surface area contributed by atoms with Crippen LogP contribution < -0.4 is 5.32 Å². The van der Waals surface area contributed by atoms with Crippen molar-refractivity contribution < 1.29 is 26.3 Å². The smallest absolute Gasteiger partial charge is 0.381 e. The van der Waals surface area contributed by atoms with Gasteiger partial charge in [-0.2, -0.15) is 17.5 Å². The second-order valence-electron chi connectivity index (χ2n) is 9.87. The first-order valence-corrected chi connectivity index (χ1v) is 12.4. The number of aromatic nitrogens is 1. The molecule has 1 aromatic heterocycles. The van der Waals surface area contributed by atoms with Gasteiger partial charge in [-0.05, 0) is 57.6 Å². The van der Waals surface area contributed by atoms with E-state index in [9.17, 15) is 21.6 Å². The minimum absolute atomic E-state index is 0.00285. The van der Waals surface area contributed by atoms with Gasteiger partial charge >= 0.3 is 6.18 Å². The van der Waals surface area contributed by atoms with Crippen molar-refractivity contribution in [2.45, 2.75) is 68.1 Å². The third-order valence-electron chi connectivity index (χ3n) is 7.55. The van der Waals surface area contributed by atoms with Crippen LogP contribution in [0.5, 0.6) is 0 Å². The molecule has 31 heavy (non-hydrogen) atoms. The molecule has 0 bridgehead atoms. The van der Waals surface area contributed by atoms with E-state index in [0.29, 0.717) is 25.0 Å². The lowest BCUT2D eigenvalue weighted by Gasteiger charge is -2.59. The van der Waals surface area contributed by atoms with Gasteiger partial charge in [-0.15, -0.1) is 0 Å². The van der Waals surface area contributed by atoms with Crippen molar-refractivity contribution in [2.24, 2.45) is 11.3 Å². The first-order valence-electron chi connectivity index (χ1n) is 10.9. The van der Waals surface area contributed by atoms with Crippen LogP contribution in [0.25, 0.3) is 0 Å². The van der Waals surface area contributed by atoms with E-state index in [2.05, 4.69) is 10.3 Å². The number of hydrogen-bond acceptors (Lipinski definition) is 5. The average molecular weight is 460 g/mol. The number of pyridine rings is 1. The van der Waals surface area contributed by atoms with Gasteiger partial charge in [0.05, 0.1) is 12.3 Å². The highest BCUT2D eigenvalue weighted by Crippen LogP contribution is 2.53. The maximum atomic E-state index is 12.9. The number of ether oxygens (including phenoxy) is 1. The van der Waals surface area contributed by atoms with Gasteiger partial charge in [0.15, 0.2) is 0 Å². The van der Waals surface area contributed by atoms with Gasteiger partial charge in [0.2, 0.25) is 10.0 Å². The first-order chi connectivity index (χ1) is 14.5. The second-order valence-corrected chi connectivity index (χ2v) is 11.8. The zero-order chi connectivity index (χ0) is 22.1. The number of nitrogens with zero attached hydrogens (tertiary/aromatic N) is 2. The predicted octanol–water partition coefficient (Wildman–Crippen LogP) is 3.11. The average Bonchev–Trinajstić information content (AvgIpc) is 3.43. The number of hydrogen-bond donors (Lipinski definition) is 1. The third-order valence-corrected chi connectivity index (χ3v) is 9.48. The van der Waals surface area contributed by atoms with Crippen molar-refractivity contribution in [3.8, 4) is 0 Å². The van der Waals surface area contributed by atoms with Gasteiger partial charge in [-0.1, -0.05) is 0 Å². The fourth-order valence-electron chi connectivity index (χ4n) is 5.72. The molecule has 4 fully saturated rings. The summed E-state index contributed by atoms with van der Waals surface area (Å²) in [5.74, 6) is 0.575. The van der Waals surface area contributed by atoms with Gasteiger partial charge in [0, 0.05) is 42.6 Å². The van der Waals surface area contributed by atoms with Gasteiger partial charge in [0.25, 0.3) is 0 Å². The number of nitrogens with one attached hydrogen (secondary N) is 1. The number of halogens is 3. The van der Waals surface area contributed by atoms with Crippen LogP contribution in [0.1, 0.15) is 49.9 Å². The topological polar surface area (TPSA) is 71.5 Å². The lowest BCUT2D eigenvalue weighted by molar-refractivity contribution is -0.141. The van der Waals surface area contributed by atoms with E-state index < -0.39 is 21.9 Å². The highest BCUT2D eigenvalue weighted by Gasteiger charge is 2.59. The Bertz CT molecular complexity index is 958. The Morgan fingerprint density at radius 3 is 2.48 bits per heavy atom. The highest BCUT2D eigenvalue weighted by atomic mass is 32.2. The van der Waals surface area contributed by atoms with Crippen LogP contribution in [0.3, 0.4) is 0 Å². The molecule has 1 N–H and O–H groups in total. The second kappa shape index (κ2) is 7.13. The van der Waals surface area contributed by atoms with Crippen molar-refractivity contribution in [2.75, 3.05) is 26.3 Å². The largest absolute Gasteiger partial charge is 0.433 e. The van der Waals surface area contributed by atoms with Gasteiger partial charge in [-0.3, -0.25) is 0 Å². The summed E-state index contributed by atoms with van der Waals surface area (Å²) in [6.45, 7) is 3.85. The van der Waals surface area contributed by atoms with Gasteiger partial charge in [0.1, 0.15) is 10.6 Å². The standard InChI is InChI=1S/C21H28F3N3O3S/c1-14-17(4-5-18(25-14)21(22,23)24)31(28,29)27-12-19(13-27)9-16(10-19)26-20(6-7-20)15-3-2-8-30-11-15/h4-5,15-16,26H,2-3,6-13H2,1H3. The molecule has 2 aliphatic heterocycles. The van der Waals surface area contributed by atoms with E-state index in [4.69, 9.17) is 4.74 Å². The number of sulfonamides is 1. The summed E-state index contributed by atoms with van der Waals surface area (Å²) in [4.78, 5) is 3.33. The molecular weight excluding hydrogens is 431 g/mol. The molecule has 2 saturated carbocycles. The molecule has 4 aliphatic rings. The fourth-order valence-corrected chi connectivity index (χ4v) is 7.55. The van der Waals surface area contributed by atoms with Crippen LogP contribution in [0, 0.1) is 18.3 Å². The molecule has 1 spiro atoms. The SMILES string of the molecule is Cc1nc(C(F)(F)F)ccc1S(=O)(=O)N1CC2(CC(NC3(C4CCCOC4)CC3)C2)C1. The van der Waals surface area contributed by atoms with Crippen LogP contribution in [0.4, 0.5) is 13.2 Å². The van der Waals surface area contributed by atoms with E-state index in [-0.39, 0.29) is 21.5 Å². The molecule has 1 atom stereocenters. The van der Waals surface area contributed by atoms with Crippen LogP contribution in [0.2, 0.25) is 0 Å². The Kier molecular flexibility index (Phi) is 4.97. The van der Waals surface area contributed by atoms with E-state index in [1.54, 1.807) is 0 Å². The minimum atomic E-state index is -4.59. The summed E-state index contributed by atoms with van der Waals surface area (Å²) in [7, 11) is -3.83. The van der Waals surface area contributed by atoms with Crippen molar-refractivity contribution in [1.29, 1.82) is 0 Å². The zero-order valence-electron chi connectivity index (χ0n) is 17.5. The summed E-state index contributed by atoms with van der Waals surface area (Å²) in [5.41, 5.74) is -0.980. The van der Waals surface area contributed by atoms with E-state index in [0.717, 1.165) is 44.6 Å². The maximum Gasteiger partial charge on any atom is 0.433 e. The molecule has 10 heteroatoms. The number of rotatable bonds is 5. The monoisotopic (exact) mass is 459 g/mol. The molecular formula is C21H28F3N3O3S. The van der Waals surface area contributed by atoms with Gasteiger partial charge < -0.3 is 10.1 Å². The summed E-state index contributed by atoms with van der Waals surface area (Å²) < 4.78 is 71.4. The number of alkyl halides is 3. The van der Waals surface area contributed by atoms with E-state index in [1.165, 1.54) is 30.5 Å². The number of aryl methyl sites for hydroxylation is 1. The molecule has 5 rings (SSSR count). The quantitative estimate of drug-likeness (QED) is 0.733. The highest BCUT2D eigenvalue weighted by molar-refractivity contribution is 7.89.